The molecule has 0 spiro atoms. The van der Waals surface area contributed by atoms with Crippen LogP contribution in [0.4, 0.5) is 0 Å². The topological polar surface area (TPSA) is 48.6 Å². The third-order valence-corrected chi connectivity index (χ3v) is 5.62. The number of ether oxygens (including phenoxy) is 1. The van der Waals surface area contributed by atoms with Gasteiger partial charge in [0, 0.05) is 49.8 Å². The first-order valence-electron chi connectivity index (χ1n) is 9.91. The maximum atomic E-state index is 12.7. The monoisotopic (exact) mass is 377 g/mol. The number of carbonyl (C=O) groups is 1. The van der Waals surface area contributed by atoms with Gasteiger partial charge in [0.05, 0.1) is 13.5 Å². The van der Waals surface area contributed by atoms with Crippen LogP contribution in [0.25, 0.3) is 10.9 Å². The number of H-pyrrole nitrogens is 1. The summed E-state index contributed by atoms with van der Waals surface area (Å²) >= 11 is 0. The molecule has 0 atom stereocenters. The van der Waals surface area contributed by atoms with Gasteiger partial charge in [-0.15, -0.1) is 0 Å². The van der Waals surface area contributed by atoms with Crippen LogP contribution >= 0.6 is 0 Å². The maximum absolute atomic E-state index is 12.7. The molecule has 0 saturated carbocycles. The number of piperazine rings is 1. The summed E-state index contributed by atoms with van der Waals surface area (Å²) in [6.07, 6.45) is 3.46. The normalized spacial score (nSPS) is 15.1. The Bertz CT molecular complexity index is 924. The highest BCUT2D eigenvalue weighted by atomic mass is 16.5. The molecule has 0 unspecified atom stereocenters. The average Bonchev–Trinajstić information content (AvgIpc) is 3.16. The third-order valence-electron chi connectivity index (χ3n) is 5.62. The number of nitrogens with one attached hydrogen (secondary N) is 1. The molecule has 146 valence electrons. The van der Waals surface area contributed by atoms with Crippen molar-refractivity contribution in [1.29, 1.82) is 0 Å². The summed E-state index contributed by atoms with van der Waals surface area (Å²) in [5.74, 6) is 1.12. The molecular formula is C23H27N3O2. The van der Waals surface area contributed by atoms with Gasteiger partial charge in [-0.2, -0.15) is 0 Å². The van der Waals surface area contributed by atoms with Crippen LogP contribution in [0.15, 0.2) is 54.7 Å². The molecular weight excluding hydrogens is 350 g/mol. The van der Waals surface area contributed by atoms with E-state index in [1.165, 1.54) is 5.56 Å². The van der Waals surface area contributed by atoms with E-state index in [0.29, 0.717) is 6.42 Å². The minimum atomic E-state index is 0.222. The second kappa shape index (κ2) is 8.48. The van der Waals surface area contributed by atoms with Crippen molar-refractivity contribution in [3.63, 3.8) is 0 Å². The van der Waals surface area contributed by atoms with Gasteiger partial charge >= 0.3 is 0 Å². The number of hydrogen-bond donors (Lipinski definition) is 1. The molecule has 2 aromatic carbocycles. The number of benzene rings is 2. The molecule has 1 saturated heterocycles. The molecule has 1 aliphatic heterocycles. The van der Waals surface area contributed by atoms with Crippen molar-refractivity contribution in [3.05, 3.63) is 65.9 Å². The Labute approximate surface area is 165 Å². The first-order valence-corrected chi connectivity index (χ1v) is 9.91. The lowest BCUT2D eigenvalue weighted by molar-refractivity contribution is -0.132. The molecule has 4 rings (SSSR count). The Morgan fingerprint density at radius 1 is 1.04 bits per heavy atom. The van der Waals surface area contributed by atoms with Crippen LogP contribution in [-0.4, -0.2) is 60.5 Å². The van der Waals surface area contributed by atoms with Gasteiger partial charge in [-0.1, -0.05) is 30.3 Å². The lowest BCUT2D eigenvalue weighted by atomic mass is 10.1. The standard InChI is InChI=1S/C23H27N3O2/c1-28-20-8-6-18(7-9-20)10-11-25-12-14-26(15-13-25)23(27)16-19-17-24-22-5-3-2-4-21(19)22/h2-9,17,24H,10-16H2,1H3. The van der Waals surface area contributed by atoms with Gasteiger partial charge < -0.3 is 14.6 Å². The summed E-state index contributed by atoms with van der Waals surface area (Å²) in [6.45, 7) is 4.52. The summed E-state index contributed by atoms with van der Waals surface area (Å²) in [7, 11) is 1.69. The molecule has 2 heterocycles. The molecule has 0 radical (unpaired) electrons. The number of rotatable bonds is 6. The largest absolute Gasteiger partial charge is 0.497 e. The Balaban J connectivity index is 1.25. The second-order valence-electron chi connectivity index (χ2n) is 7.36. The van der Waals surface area contributed by atoms with Crippen molar-refractivity contribution >= 4 is 16.8 Å². The van der Waals surface area contributed by atoms with E-state index in [9.17, 15) is 4.79 Å². The van der Waals surface area contributed by atoms with Crippen LogP contribution in [0.1, 0.15) is 11.1 Å². The molecule has 28 heavy (non-hydrogen) atoms. The van der Waals surface area contributed by atoms with E-state index in [4.69, 9.17) is 4.74 Å². The van der Waals surface area contributed by atoms with E-state index in [-0.39, 0.29) is 5.91 Å². The summed E-state index contributed by atoms with van der Waals surface area (Å²) in [4.78, 5) is 20.4. The summed E-state index contributed by atoms with van der Waals surface area (Å²) in [6, 6.07) is 16.4. The van der Waals surface area contributed by atoms with Crippen molar-refractivity contribution in [2.45, 2.75) is 12.8 Å². The summed E-state index contributed by atoms with van der Waals surface area (Å²) in [5, 5.41) is 1.15. The van der Waals surface area contributed by atoms with Gasteiger partial charge in [-0.3, -0.25) is 9.69 Å². The Kier molecular flexibility index (Phi) is 5.63. The minimum Gasteiger partial charge on any atom is -0.497 e. The average molecular weight is 377 g/mol. The first-order chi connectivity index (χ1) is 13.7. The quantitative estimate of drug-likeness (QED) is 0.718. The smallest absolute Gasteiger partial charge is 0.227 e. The van der Waals surface area contributed by atoms with Gasteiger partial charge in [-0.05, 0) is 35.7 Å². The van der Waals surface area contributed by atoms with Crippen molar-refractivity contribution in [3.8, 4) is 5.75 Å². The molecule has 1 amide bonds. The molecule has 1 fully saturated rings. The fraction of sp³-hybridized carbons (Fsp3) is 0.348. The van der Waals surface area contributed by atoms with Crippen molar-refractivity contribution < 1.29 is 9.53 Å². The lowest BCUT2D eigenvalue weighted by Gasteiger charge is -2.34. The van der Waals surface area contributed by atoms with E-state index in [0.717, 1.165) is 61.4 Å². The fourth-order valence-electron chi connectivity index (χ4n) is 3.85. The van der Waals surface area contributed by atoms with E-state index < -0.39 is 0 Å². The number of hydrogen-bond acceptors (Lipinski definition) is 3. The minimum absolute atomic E-state index is 0.222. The van der Waals surface area contributed by atoms with Gasteiger partial charge in [-0.25, -0.2) is 0 Å². The number of methoxy groups -OCH3 is 1. The van der Waals surface area contributed by atoms with Crippen LogP contribution in [0, 0.1) is 0 Å². The highest BCUT2D eigenvalue weighted by Crippen LogP contribution is 2.19. The summed E-state index contributed by atoms with van der Waals surface area (Å²) in [5.41, 5.74) is 3.50. The second-order valence-corrected chi connectivity index (χ2v) is 7.36. The SMILES string of the molecule is COc1ccc(CCN2CCN(C(=O)Cc3c[nH]c4ccccc34)CC2)cc1. The maximum Gasteiger partial charge on any atom is 0.227 e. The van der Waals surface area contributed by atoms with Crippen LogP contribution in [0.2, 0.25) is 0 Å². The lowest BCUT2D eigenvalue weighted by Crippen LogP contribution is -2.49. The zero-order valence-corrected chi connectivity index (χ0v) is 16.4. The van der Waals surface area contributed by atoms with Crippen molar-refractivity contribution in [2.75, 3.05) is 39.8 Å². The number of amides is 1. The number of nitrogens with zero attached hydrogens (tertiary/aromatic N) is 2. The fourth-order valence-corrected chi connectivity index (χ4v) is 3.85. The highest BCUT2D eigenvalue weighted by molar-refractivity contribution is 5.88. The summed E-state index contributed by atoms with van der Waals surface area (Å²) < 4.78 is 5.21. The molecule has 3 aromatic rings. The van der Waals surface area contributed by atoms with Crippen molar-refractivity contribution in [1.82, 2.24) is 14.8 Å². The van der Waals surface area contributed by atoms with E-state index >= 15 is 0 Å². The molecule has 5 heteroatoms. The van der Waals surface area contributed by atoms with E-state index in [1.807, 2.05) is 41.4 Å². The van der Waals surface area contributed by atoms with Crippen LogP contribution < -0.4 is 4.74 Å². The van der Waals surface area contributed by atoms with E-state index in [2.05, 4.69) is 28.1 Å². The van der Waals surface area contributed by atoms with Gasteiger partial charge in [0.25, 0.3) is 0 Å². The predicted octanol–water partition coefficient (Wildman–Crippen LogP) is 3.11. The highest BCUT2D eigenvalue weighted by Gasteiger charge is 2.21. The molecule has 0 bridgehead atoms. The van der Waals surface area contributed by atoms with Gasteiger partial charge in [0.2, 0.25) is 5.91 Å². The molecule has 0 aliphatic carbocycles. The Hall–Kier alpha value is -2.79. The zero-order valence-electron chi connectivity index (χ0n) is 16.4. The molecule has 1 aromatic heterocycles. The van der Waals surface area contributed by atoms with E-state index in [1.54, 1.807) is 7.11 Å². The Morgan fingerprint density at radius 3 is 2.54 bits per heavy atom. The number of aromatic nitrogens is 1. The number of fused-ring (bicyclic) bond motifs is 1. The number of carbonyl (C=O) groups excluding carboxylic acids is 1. The van der Waals surface area contributed by atoms with Gasteiger partial charge in [0.1, 0.15) is 5.75 Å². The predicted molar refractivity (Wildman–Crippen MR) is 112 cm³/mol. The molecule has 1 N–H and O–H groups in total. The first kappa shape index (κ1) is 18.6. The molecule has 1 aliphatic rings. The number of para-hydroxylation sites is 1. The Morgan fingerprint density at radius 2 is 1.79 bits per heavy atom. The third kappa shape index (κ3) is 4.20. The van der Waals surface area contributed by atoms with Gasteiger partial charge in [0.15, 0.2) is 0 Å². The van der Waals surface area contributed by atoms with Crippen LogP contribution in [-0.2, 0) is 17.6 Å². The number of aromatic amines is 1. The van der Waals surface area contributed by atoms with Crippen molar-refractivity contribution in [2.24, 2.45) is 0 Å². The van der Waals surface area contributed by atoms with Crippen LogP contribution in [0.5, 0.6) is 5.75 Å². The van der Waals surface area contributed by atoms with Crippen LogP contribution in [0.3, 0.4) is 0 Å². The molecule has 5 nitrogen and oxygen atoms in total. The zero-order chi connectivity index (χ0) is 19.3.